The lowest BCUT2D eigenvalue weighted by molar-refractivity contribution is -0.535. The van der Waals surface area contributed by atoms with Crippen LogP contribution < -0.4 is 0 Å². The Kier molecular flexibility index (Phi) is 5.19. The van der Waals surface area contributed by atoms with Crippen molar-refractivity contribution < 1.29 is 31.9 Å². The molecule has 3 heterocycles. The lowest BCUT2D eigenvalue weighted by Crippen LogP contribution is -2.49. The van der Waals surface area contributed by atoms with Gasteiger partial charge >= 0.3 is 12.1 Å². The van der Waals surface area contributed by atoms with Gasteiger partial charge in [0.1, 0.15) is 0 Å². The molecule has 2 aliphatic rings. The van der Waals surface area contributed by atoms with Gasteiger partial charge in [0, 0.05) is 18.0 Å². The number of alkyl halides is 3. The largest absolute Gasteiger partial charge is 0.484 e. The summed E-state index contributed by atoms with van der Waals surface area (Å²) >= 11 is 0. The number of carbonyl (C=O) groups excluding carboxylic acids is 1. The molecule has 0 radical (unpaired) electrons. The van der Waals surface area contributed by atoms with Crippen molar-refractivity contribution >= 4 is 5.91 Å². The molecule has 1 saturated carbocycles. The number of rotatable bonds is 6. The molecule has 1 saturated heterocycles. The SMILES string of the molecule is Cc1nnc(C([N+](=O)C(=O)c2cc([C@H](C)C(F)(F)F)c(C3CC3)cn2)C2(C)COC2)o1. The van der Waals surface area contributed by atoms with Crippen molar-refractivity contribution in [1.82, 2.24) is 15.2 Å². The molecule has 0 spiro atoms. The van der Waals surface area contributed by atoms with Gasteiger partial charge < -0.3 is 9.15 Å². The Morgan fingerprint density at radius 2 is 1.97 bits per heavy atom. The summed E-state index contributed by atoms with van der Waals surface area (Å²) in [6.07, 6.45) is -1.65. The van der Waals surface area contributed by atoms with Gasteiger partial charge in [0.05, 0.1) is 29.3 Å². The first-order chi connectivity index (χ1) is 14.5. The van der Waals surface area contributed by atoms with Crippen LogP contribution in [0.1, 0.15) is 78.0 Å². The average Bonchev–Trinajstić information content (AvgIpc) is 3.45. The molecule has 2 aromatic rings. The van der Waals surface area contributed by atoms with Crippen molar-refractivity contribution in [3.63, 3.8) is 0 Å². The van der Waals surface area contributed by atoms with Crippen molar-refractivity contribution in [3.8, 4) is 0 Å². The van der Waals surface area contributed by atoms with Crippen LogP contribution in [0.3, 0.4) is 0 Å². The highest BCUT2D eigenvalue weighted by Crippen LogP contribution is 2.46. The Bertz CT molecular complexity index is 1030. The molecule has 2 aromatic heterocycles. The van der Waals surface area contributed by atoms with E-state index in [4.69, 9.17) is 9.15 Å². The minimum atomic E-state index is -4.48. The summed E-state index contributed by atoms with van der Waals surface area (Å²) in [5, 5.41) is 7.60. The zero-order chi connectivity index (χ0) is 22.6. The van der Waals surface area contributed by atoms with Crippen LogP contribution in [0.5, 0.6) is 0 Å². The van der Waals surface area contributed by atoms with Crippen LogP contribution >= 0.6 is 0 Å². The van der Waals surface area contributed by atoms with Crippen LogP contribution in [0.4, 0.5) is 13.2 Å². The fourth-order valence-electron chi connectivity index (χ4n) is 3.80. The predicted molar refractivity (Wildman–Crippen MR) is 99.3 cm³/mol. The van der Waals surface area contributed by atoms with Crippen molar-refractivity contribution in [2.24, 2.45) is 5.41 Å². The number of pyridine rings is 1. The molecule has 31 heavy (non-hydrogen) atoms. The molecule has 0 N–H and O–H groups in total. The van der Waals surface area contributed by atoms with Gasteiger partial charge in [0.25, 0.3) is 11.9 Å². The number of hydrogen-bond acceptors (Lipinski definition) is 7. The molecule has 0 aromatic carbocycles. The first kappa shape index (κ1) is 21.5. The fraction of sp³-hybridized carbons (Fsp3) is 0.600. The number of ether oxygens (including phenoxy) is 1. The molecule has 1 aliphatic carbocycles. The number of amides is 1. The summed E-state index contributed by atoms with van der Waals surface area (Å²) in [5.74, 6) is -2.68. The quantitative estimate of drug-likeness (QED) is 0.627. The Morgan fingerprint density at radius 3 is 2.45 bits per heavy atom. The summed E-state index contributed by atoms with van der Waals surface area (Å²) in [4.78, 5) is 30.2. The average molecular weight is 439 g/mol. The predicted octanol–water partition coefficient (Wildman–Crippen LogP) is 4.01. The molecular weight excluding hydrogens is 417 g/mol. The maximum atomic E-state index is 13.4. The number of nitroso groups, excluding NO2 is 1. The molecular formula is C20H22F3N4O4+. The highest BCUT2D eigenvalue weighted by atomic mass is 19.4. The Labute approximate surface area is 175 Å². The summed E-state index contributed by atoms with van der Waals surface area (Å²) in [5.41, 5.74) is -0.671. The third-order valence-electron chi connectivity index (χ3n) is 5.90. The standard InChI is InChI=1S/C20H22F3N4O4/c1-10(20(21,22)23)13-6-15(24-7-14(13)12-4-5-12)18(28)27(29)16(19(3)8-30-9-19)17-26-25-11(2)31-17/h6-7,10,12,16H,4-5,8-9H2,1-3H3/q+1/t10-,16?/m0/s1. The van der Waals surface area contributed by atoms with E-state index < -0.39 is 29.5 Å². The zero-order valence-corrected chi connectivity index (χ0v) is 17.3. The van der Waals surface area contributed by atoms with Gasteiger partial charge in [0.2, 0.25) is 5.89 Å². The first-order valence-corrected chi connectivity index (χ1v) is 9.96. The van der Waals surface area contributed by atoms with Crippen LogP contribution in [-0.2, 0) is 4.74 Å². The third kappa shape index (κ3) is 3.98. The molecule has 0 bridgehead atoms. The second-order valence-electron chi connectivity index (χ2n) is 8.58. The van der Waals surface area contributed by atoms with E-state index in [1.807, 2.05) is 0 Å². The molecule has 2 fully saturated rings. The van der Waals surface area contributed by atoms with E-state index in [1.54, 1.807) is 13.8 Å². The van der Waals surface area contributed by atoms with Crippen molar-refractivity contribution in [3.05, 3.63) is 45.8 Å². The molecule has 1 amide bonds. The number of halogens is 3. The fourth-order valence-corrected chi connectivity index (χ4v) is 3.80. The Hall–Kier alpha value is -2.69. The number of hydrogen-bond donors (Lipinski definition) is 0. The highest BCUT2D eigenvalue weighted by molar-refractivity contribution is 5.85. The summed E-state index contributed by atoms with van der Waals surface area (Å²) in [7, 11) is 0. The number of carbonyl (C=O) groups is 1. The monoisotopic (exact) mass is 439 g/mol. The van der Waals surface area contributed by atoms with Crippen LogP contribution in [-0.4, -0.2) is 45.2 Å². The van der Waals surface area contributed by atoms with Crippen LogP contribution in [0.15, 0.2) is 16.7 Å². The molecule has 1 aliphatic heterocycles. The van der Waals surface area contributed by atoms with E-state index in [9.17, 15) is 22.9 Å². The van der Waals surface area contributed by atoms with Gasteiger partial charge in [-0.1, -0.05) is 0 Å². The summed E-state index contributed by atoms with van der Waals surface area (Å²) in [6, 6.07) is -0.0576. The van der Waals surface area contributed by atoms with Gasteiger partial charge in [-0.15, -0.1) is 10.2 Å². The van der Waals surface area contributed by atoms with E-state index in [2.05, 4.69) is 15.2 Å². The molecule has 11 heteroatoms. The molecule has 2 atom stereocenters. The van der Waals surface area contributed by atoms with E-state index in [0.717, 1.165) is 25.8 Å². The lowest BCUT2D eigenvalue weighted by Gasteiger charge is -2.37. The van der Waals surface area contributed by atoms with Gasteiger partial charge in [-0.25, -0.2) is 9.78 Å². The van der Waals surface area contributed by atoms with Crippen molar-refractivity contribution in [2.45, 2.75) is 57.7 Å². The Morgan fingerprint density at radius 1 is 1.29 bits per heavy atom. The molecule has 4 rings (SSSR count). The highest BCUT2D eigenvalue weighted by Gasteiger charge is 2.57. The topological polar surface area (TPSA) is 98.2 Å². The normalized spacial score (nSPS) is 20.1. The lowest BCUT2D eigenvalue weighted by atomic mass is 9.80. The third-order valence-corrected chi connectivity index (χ3v) is 5.90. The minimum absolute atomic E-state index is 0.0000373. The minimum Gasteiger partial charge on any atom is -0.419 e. The first-order valence-electron chi connectivity index (χ1n) is 9.96. The van der Waals surface area contributed by atoms with Crippen molar-refractivity contribution in [2.75, 3.05) is 13.2 Å². The maximum absolute atomic E-state index is 13.4. The van der Waals surface area contributed by atoms with Crippen LogP contribution in [0.2, 0.25) is 0 Å². The summed E-state index contributed by atoms with van der Waals surface area (Å²) < 4.78 is 51.1. The van der Waals surface area contributed by atoms with Gasteiger partial charge in [0.15, 0.2) is 5.69 Å². The zero-order valence-electron chi connectivity index (χ0n) is 17.3. The van der Waals surface area contributed by atoms with E-state index in [0.29, 0.717) is 5.56 Å². The number of aryl methyl sites for hydroxylation is 1. The van der Waals surface area contributed by atoms with Gasteiger partial charge in [-0.05, 0) is 49.8 Å². The molecule has 1 unspecified atom stereocenters. The molecule has 8 nitrogen and oxygen atoms in total. The second-order valence-corrected chi connectivity index (χ2v) is 8.58. The number of nitrogens with zero attached hydrogens (tertiary/aromatic N) is 4. The maximum Gasteiger partial charge on any atom is 0.484 e. The van der Waals surface area contributed by atoms with E-state index in [1.165, 1.54) is 6.20 Å². The van der Waals surface area contributed by atoms with Crippen LogP contribution in [0, 0.1) is 17.2 Å². The second kappa shape index (κ2) is 7.47. The Balaban J connectivity index is 1.70. The van der Waals surface area contributed by atoms with Crippen LogP contribution in [0.25, 0.3) is 0 Å². The van der Waals surface area contributed by atoms with Gasteiger partial charge in [-0.2, -0.15) is 13.2 Å². The molecule has 166 valence electrons. The van der Waals surface area contributed by atoms with E-state index >= 15 is 0 Å². The van der Waals surface area contributed by atoms with Crippen molar-refractivity contribution in [1.29, 1.82) is 0 Å². The number of aromatic nitrogens is 3. The van der Waals surface area contributed by atoms with E-state index in [-0.39, 0.29) is 46.9 Å². The smallest absolute Gasteiger partial charge is 0.419 e. The summed E-state index contributed by atoms with van der Waals surface area (Å²) in [6.45, 7) is 4.71. The van der Waals surface area contributed by atoms with Gasteiger partial charge in [-0.3, -0.25) is 0 Å².